The van der Waals surface area contributed by atoms with E-state index in [0.29, 0.717) is 5.88 Å². The van der Waals surface area contributed by atoms with Crippen LogP contribution in [0, 0.1) is 0 Å². The van der Waals surface area contributed by atoms with Gasteiger partial charge in [-0.05, 0) is 25.5 Å². The molecule has 0 radical (unpaired) electrons. The van der Waals surface area contributed by atoms with Crippen molar-refractivity contribution in [3.05, 3.63) is 30.0 Å². The van der Waals surface area contributed by atoms with Crippen LogP contribution in [0.15, 0.2) is 18.5 Å². The fourth-order valence-corrected chi connectivity index (χ4v) is 2.61. The fraction of sp³-hybridized carbons (Fsp3) is 0.538. The summed E-state index contributed by atoms with van der Waals surface area (Å²) >= 11 is 0. The van der Waals surface area contributed by atoms with Crippen LogP contribution in [0.5, 0.6) is 5.88 Å². The maximum Gasteiger partial charge on any atom is 0.233 e. The van der Waals surface area contributed by atoms with E-state index in [1.807, 2.05) is 12.1 Å². The number of aromatic nitrogens is 5. The first-order valence-corrected chi connectivity index (χ1v) is 6.83. The highest BCUT2D eigenvalue weighted by atomic mass is 16.5. The molecule has 0 spiro atoms. The van der Waals surface area contributed by atoms with Crippen LogP contribution < -0.4 is 4.74 Å². The Kier molecular flexibility index (Phi) is 3.87. The number of H-pyrrole nitrogens is 1. The SMILES string of the molecule is COc1ccc(CN2CCCC[C@H]2c2ncn[nH]2)nn1. The van der Waals surface area contributed by atoms with Crippen LogP contribution in [0.3, 0.4) is 0 Å². The van der Waals surface area contributed by atoms with Crippen molar-refractivity contribution >= 4 is 0 Å². The van der Waals surface area contributed by atoms with Crippen molar-refractivity contribution < 1.29 is 4.74 Å². The predicted octanol–water partition coefficient (Wildman–Crippen LogP) is 1.33. The van der Waals surface area contributed by atoms with Gasteiger partial charge in [-0.3, -0.25) is 10.00 Å². The van der Waals surface area contributed by atoms with Crippen LogP contribution in [0.4, 0.5) is 0 Å². The van der Waals surface area contributed by atoms with E-state index in [4.69, 9.17) is 4.74 Å². The minimum absolute atomic E-state index is 0.287. The van der Waals surface area contributed by atoms with E-state index >= 15 is 0 Å². The summed E-state index contributed by atoms with van der Waals surface area (Å²) in [4.78, 5) is 6.67. The lowest BCUT2D eigenvalue weighted by molar-refractivity contribution is 0.132. The average Bonchev–Trinajstić information content (AvgIpc) is 3.03. The van der Waals surface area contributed by atoms with Crippen LogP contribution in [0.25, 0.3) is 0 Å². The molecule has 0 aliphatic carbocycles. The summed E-state index contributed by atoms with van der Waals surface area (Å²) in [6.45, 7) is 1.81. The van der Waals surface area contributed by atoms with Crippen LogP contribution in [0.2, 0.25) is 0 Å². The number of aromatic amines is 1. The highest BCUT2D eigenvalue weighted by Crippen LogP contribution is 2.29. The molecule has 106 valence electrons. The number of hydrogen-bond donors (Lipinski definition) is 1. The maximum absolute atomic E-state index is 5.03. The van der Waals surface area contributed by atoms with Crippen molar-refractivity contribution in [2.24, 2.45) is 0 Å². The molecule has 1 fully saturated rings. The van der Waals surface area contributed by atoms with E-state index in [9.17, 15) is 0 Å². The minimum atomic E-state index is 0.287. The summed E-state index contributed by atoms with van der Waals surface area (Å²) in [6.07, 6.45) is 5.08. The number of methoxy groups -OCH3 is 1. The molecule has 3 rings (SSSR count). The number of ether oxygens (including phenoxy) is 1. The van der Waals surface area contributed by atoms with Crippen molar-refractivity contribution in [1.82, 2.24) is 30.3 Å². The summed E-state index contributed by atoms with van der Waals surface area (Å²) in [5.41, 5.74) is 0.942. The number of piperidine rings is 1. The summed E-state index contributed by atoms with van der Waals surface area (Å²) < 4.78 is 5.03. The summed E-state index contributed by atoms with van der Waals surface area (Å²) in [7, 11) is 1.59. The molecule has 1 N–H and O–H groups in total. The first-order chi connectivity index (χ1) is 9.86. The average molecular weight is 274 g/mol. The van der Waals surface area contributed by atoms with Gasteiger partial charge in [0, 0.05) is 12.6 Å². The maximum atomic E-state index is 5.03. The smallest absolute Gasteiger partial charge is 0.233 e. The van der Waals surface area contributed by atoms with Gasteiger partial charge < -0.3 is 4.74 Å². The highest BCUT2D eigenvalue weighted by Gasteiger charge is 2.26. The molecule has 1 aliphatic rings. The molecule has 0 unspecified atom stereocenters. The van der Waals surface area contributed by atoms with Crippen molar-refractivity contribution in [3.8, 4) is 5.88 Å². The lowest BCUT2D eigenvalue weighted by Gasteiger charge is -2.33. The molecule has 0 saturated carbocycles. The molecule has 1 saturated heterocycles. The van der Waals surface area contributed by atoms with Gasteiger partial charge in [-0.1, -0.05) is 6.42 Å². The molecule has 1 atom stereocenters. The molecule has 0 bridgehead atoms. The Morgan fingerprint density at radius 2 is 2.30 bits per heavy atom. The molecule has 2 aromatic heterocycles. The second-order valence-corrected chi connectivity index (χ2v) is 4.92. The zero-order valence-corrected chi connectivity index (χ0v) is 11.5. The molecule has 7 heteroatoms. The molecule has 1 aliphatic heterocycles. The normalized spacial score (nSPS) is 19.9. The van der Waals surface area contributed by atoms with Crippen molar-refractivity contribution in [3.63, 3.8) is 0 Å². The van der Waals surface area contributed by atoms with E-state index in [1.165, 1.54) is 12.8 Å². The summed E-state index contributed by atoms with van der Waals surface area (Å²) in [5, 5.41) is 15.1. The van der Waals surface area contributed by atoms with Crippen molar-refractivity contribution in [2.45, 2.75) is 31.8 Å². The van der Waals surface area contributed by atoms with E-state index in [1.54, 1.807) is 13.4 Å². The van der Waals surface area contributed by atoms with Crippen LogP contribution in [-0.2, 0) is 6.54 Å². The third-order valence-corrected chi connectivity index (χ3v) is 3.63. The van der Waals surface area contributed by atoms with Gasteiger partial charge in [-0.15, -0.1) is 5.10 Å². The van der Waals surface area contributed by atoms with Crippen LogP contribution in [-0.4, -0.2) is 43.9 Å². The Balaban J connectivity index is 1.73. The zero-order chi connectivity index (χ0) is 13.8. The topological polar surface area (TPSA) is 79.8 Å². The van der Waals surface area contributed by atoms with Crippen LogP contribution >= 0.6 is 0 Å². The summed E-state index contributed by atoms with van der Waals surface area (Å²) in [5.74, 6) is 1.48. The van der Waals surface area contributed by atoms with Gasteiger partial charge >= 0.3 is 0 Å². The molecule has 2 aromatic rings. The van der Waals surface area contributed by atoms with Gasteiger partial charge in [0.25, 0.3) is 0 Å². The highest BCUT2D eigenvalue weighted by molar-refractivity contribution is 5.11. The van der Waals surface area contributed by atoms with E-state index in [2.05, 4.69) is 30.3 Å². The molecular weight excluding hydrogens is 256 g/mol. The van der Waals surface area contributed by atoms with Gasteiger partial charge in [-0.25, -0.2) is 4.98 Å². The van der Waals surface area contributed by atoms with Crippen molar-refractivity contribution in [2.75, 3.05) is 13.7 Å². The second kappa shape index (κ2) is 5.96. The van der Waals surface area contributed by atoms with Gasteiger partial charge in [0.15, 0.2) is 0 Å². The van der Waals surface area contributed by atoms with E-state index in [0.717, 1.165) is 31.0 Å². The van der Waals surface area contributed by atoms with Crippen LogP contribution in [0.1, 0.15) is 36.8 Å². The first-order valence-electron chi connectivity index (χ1n) is 6.83. The quantitative estimate of drug-likeness (QED) is 0.906. The van der Waals surface area contributed by atoms with Gasteiger partial charge in [0.2, 0.25) is 5.88 Å². The molecule has 0 amide bonds. The Labute approximate surface area is 117 Å². The Hall–Kier alpha value is -2.02. The standard InChI is InChI=1S/C13H18N6O/c1-20-12-6-5-10(16-17-12)8-19-7-3-2-4-11(19)13-14-9-15-18-13/h5-6,9,11H,2-4,7-8H2,1H3,(H,14,15,18)/t11-/m0/s1. The Morgan fingerprint density at radius 3 is 3.00 bits per heavy atom. The minimum Gasteiger partial charge on any atom is -0.480 e. The number of likely N-dealkylation sites (tertiary alicyclic amines) is 1. The number of rotatable bonds is 4. The lowest BCUT2D eigenvalue weighted by Crippen LogP contribution is -2.33. The largest absolute Gasteiger partial charge is 0.480 e. The molecule has 20 heavy (non-hydrogen) atoms. The number of nitrogens with one attached hydrogen (secondary N) is 1. The molecule has 3 heterocycles. The van der Waals surface area contributed by atoms with Gasteiger partial charge in [-0.2, -0.15) is 10.2 Å². The third-order valence-electron chi connectivity index (χ3n) is 3.63. The third kappa shape index (κ3) is 2.77. The van der Waals surface area contributed by atoms with Gasteiger partial charge in [0.05, 0.1) is 18.8 Å². The Morgan fingerprint density at radius 1 is 1.35 bits per heavy atom. The lowest BCUT2D eigenvalue weighted by atomic mass is 10.0. The van der Waals surface area contributed by atoms with Gasteiger partial charge in [0.1, 0.15) is 12.2 Å². The van der Waals surface area contributed by atoms with Crippen molar-refractivity contribution in [1.29, 1.82) is 0 Å². The van der Waals surface area contributed by atoms with E-state index < -0.39 is 0 Å². The molecule has 0 aromatic carbocycles. The predicted molar refractivity (Wildman–Crippen MR) is 72.0 cm³/mol. The number of hydrogen-bond acceptors (Lipinski definition) is 6. The monoisotopic (exact) mass is 274 g/mol. The zero-order valence-electron chi connectivity index (χ0n) is 11.5. The fourth-order valence-electron chi connectivity index (χ4n) is 2.61. The molecule has 7 nitrogen and oxygen atoms in total. The molecular formula is C13H18N6O. The Bertz CT molecular complexity index is 526. The second-order valence-electron chi connectivity index (χ2n) is 4.92. The number of nitrogens with zero attached hydrogens (tertiary/aromatic N) is 5. The summed E-state index contributed by atoms with van der Waals surface area (Å²) in [6, 6.07) is 4.09. The first kappa shape index (κ1) is 13.0. The van der Waals surface area contributed by atoms with E-state index in [-0.39, 0.29) is 6.04 Å².